The summed E-state index contributed by atoms with van der Waals surface area (Å²) in [5, 5.41) is 16.4. The molecule has 0 unspecified atom stereocenters. The maximum atomic E-state index is 11.7. The Morgan fingerprint density at radius 2 is 2.12 bits per heavy atom. The molecule has 140 valence electrons. The zero-order valence-corrected chi connectivity index (χ0v) is 15.0. The number of nitrogens with two attached hydrogens (primary N) is 1. The van der Waals surface area contributed by atoms with E-state index < -0.39 is 42.0 Å². The van der Waals surface area contributed by atoms with E-state index in [9.17, 15) is 19.5 Å². The predicted molar refractivity (Wildman–Crippen MR) is 91.9 cm³/mol. The third-order valence-corrected chi connectivity index (χ3v) is 3.14. The minimum atomic E-state index is -1.44. The van der Waals surface area contributed by atoms with Gasteiger partial charge in [0.25, 0.3) is 0 Å². The summed E-state index contributed by atoms with van der Waals surface area (Å²) in [6, 6.07) is -1.24. The summed E-state index contributed by atoms with van der Waals surface area (Å²) in [5.41, 5.74) is 4.05. The molecule has 0 aromatic carbocycles. The number of carbonyl (C=O) groups is 3. The molecule has 1 aromatic rings. The molecule has 13 heteroatoms. The lowest BCUT2D eigenvalue weighted by molar-refractivity contribution is -0.136. The Bertz CT molecular complexity index is 701. The van der Waals surface area contributed by atoms with Crippen molar-refractivity contribution in [3.05, 3.63) is 11.1 Å². The van der Waals surface area contributed by atoms with E-state index in [4.69, 9.17) is 15.3 Å². The monoisotopic (exact) mass is 384 g/mol. The largest absolute Gasteiger partial charge is 0.542 e. The number of rotatable bonds is 7. The number of thiazole rings is 1. The average molecular weight is 384 g/mol. The molecule has 0 aliphatic carbocycles. The van der Waals surface area contributed by atoms with Crippen molar-refractivity contribution in [3.63, 3.8) is 0 Å². The van der Waals surface area contributed by atoms with E-state index in [0.29, 0.717) is 0 Å². The Morgan fingerprint density at radius 3 is 2.65 bits per heavy atom. The number of carboxylic acids is 1. The van der Waals surface area contributed by atoms with Crippen LogP contribution in [-0.2, 0) is 23.8 Å². The van der Waals surface area contributed by atoms with Gasteiger partial charge in [-0.25, -0.2) is 14.6 Å². The van der Waals surface area contributed by atoms with Crippen LogP contribution in [-0.4, -0.2) is 60.1 Å². The molecular weight excluding hydrogens is 367 g/mol. The van der Waals surface area contributed by atoms with E-state index >= 15 is 0 Å². The van der Waals surface area contributed by atoms with Gasteiger partial charge in [-0.3, -0.25) is 10.1 Å². The smallest absolute Gasteiger partial charge is 0.413 e. The topological polar surface area (TPSA) is 162 Å². The lowest BCUT2D eigenvalue weighted by Gasteiger charge is -2.18. The number of nitrogens with one attached hydrogen (secondary N) is 1. The molecule has 1 atom stereocenters. The number of oxime groups is 1. The number of hydrogen-bond acceptors (Lipinski definition) is 10. The highest BCUT2D eigenvalue weighted by Gasteiger charge is 2.21. The van der Waals surface area contributed by atoms with Gasteiger partial charge < -0.3 is 25.1 Å². The first-order chi connectivity index (χ1) is 12.0. The van der Waals surface area contributed by atoms with Gasteiger partial charge >= 0.3 is 26.1 Å². The van der Waals surface area contributed by atoms with Crippen molar-refractivity contribution in [2.24, 2.45) is 10.9 Å². The number of aliphatic carboxylic acids is 1. The van der Waals surface area contributed by atoms with Crippen LogP contribution in [0.2, 0.25) is 0 Å². The number of aromatic nitrogens is 1. The summed E-state index contributed by atoms with van der Waals surface area (Å²) in [7, 11) is 4.66. The molecule has 1 rings (SSSR count). The van der Waals surface area contributed by atoms with Crippen LogP contribution in [0.3, 0.4) is 0 Å². The first-order valence-electron chi connectivity index (χ1n) is 7.08. The average Bonchev–Trinajstić information content (AvgIpc) is 2.95. The Balaban J connectivity index is 2.78. The van der Waals surface area contributed by atoms with E-state index in [1.54, 1.807) is 20.8 Å². The number of hydrogen-bond donors (Lipinski definition) is 3. The molecule has 0 saturated carbocycles. The lowest BCUT2D eigenvalue weighted by atomic mass is 10.2. The molecule has 1 amide bonds. The van der Waals surface area contributed by atoms with Crippen molar-refractivity contribution in [1.82, 2.24) is 4.98 Å². The molecule has 1 heterocycles. The van der Waals surface area contributed by atoms with Crippen molar-refractivity contribution in [1.29, 1.82) is 0 Å². The number of amides is 1. The standard InChI is InChI=1S/C13H17BN4O7S/c1-13(2,3)24-12(22)17-11-16-7(5-26-11)8(9(19)20)18-23-4-6(15)10(21)25-14/h5-6H,4,15H2,1-3H3,(H,19,20)(H,16,17,22)/b18-8-/t6-/m0/s1. The first-order valence-corrected chi connectivity index (χ1v) is 7.96. The molecule has 0 bridgehead atoms. The number of ether oxygens (including phenoxy) is 1. The number of carboxylic acid groups (broad SMARTS) is 1. The van der Waals surface area contributed by atoms with Crippen molar-refractivity contribution in [2.75, 3.05) is 11.9 Å². The van der Waals surface area contributed by atoms with E-state index in [2.05, 4.69) is 28.2 Å². The van der Waals surface area contributed by atoms with Crippen LogP contribution < -0.4 is 11.1 Å². The lowest BCUT2D eigenvalue weighted by Crippen LogP contribution is -2.36. The highest BCUT2D eigenvalue weighted by Crippen LogP contribution is 2.18. The van der Waals surface area contributed by atoms with Crippen molar-refractivity contribution in [3.8, 4) is 0 Å². The molecule has 2 radical (unpaired) electrons. The molecule has 11 nitrogen and oxygen atoms in total. The number of anilines is 1. The zero-order chi connectivity index (χ0) is 19.9. The molecular formula is C13H17BN4O7S. The maximum absolute atomic E-state index is 11.7. The molecule has 0 fully saturated rings. The number of carbonyl (C=O) groups excluding carboxylic acids is 2. The van der Waals surface area contributed by atoms with Crippen LogP contribution in [0.15, 0.2) is 10.5 Å². The second-order valence-electron chi connectivity index (χ2n) is 5.75. The zero-order valence-electron chi connectivity index (χ0n) is 14.2. The van der Waals surface area contributed by atoms with Gasteiger partial charge in [0.2, 0.25) is 5.71 Å². The first kappa shape index (κ1) is 21.4. The molecule has 0 spiro atoms. The second-order valence-corrected chi connectivity index (χ2v) is 6.61. The van der Waals surface area contributed by atoms with Crippen molar-refractivity contribution >= 4 is 48.3 Å². The highest BCUT2D eigenvalue weighted by molar-refractivity contribution is 7.14. The molecule has 0 aliphatic heterocycles. The van der Waals surface area contributed by atoms with E-state index in [-0.39, 0.29) is 10.8 Å². The number of nitrogens with zero attached hydrogens (tertiary/aromatic N) is 2. The molecule has 1 aromatic heterocycles. The van der Waals surface area contributed by atoms with E-state index in [1.165, 1.54) is 5.38 Å². The van der Waals surface area contributed by atoms with Crippen LogP contribution in [0.4, 0.5) is 9.93 Å². The summed E-state index contributed by atoms with van der Waals surface area (Å²) < 4.78 is 8.97. The Kier molecular flexibility index (Phi) is 7.52. The molecule has 0 saturated heterocycles. The highest BCUT2D eigenvalue weighted by atomic mass is 32.1. The van der Waals surface area contributed by atoms with Gasteiger partial charge in [-0.05, 0) is 20.8 Å². The predicted octanol–water partition coefficient (Wildman–Crippen LogP) is 0.249. The molecule has 26 heavy (non-hydrogen) atoms. The summed E-state index contributed by atoms with van der Waals surface area (Å²) in [6.07, 6.45) is -0.741. The molecule has 0 aliphatic rings. The van der Waals surface area contributed by atoms with Gasteiger partial charge in [-0.2, -0.15) is 0 Å². The second kappa shape index (κ2) is 9.15. The van der Waals surface area contributed by atoms with Gasteiger partial charge in [0.15, 0.2) is 5.13 Å². The minimum absolute atomic E-state index is 0.0662. The maximum Gasteiger partial charge on any atom is 0.413 e. The van der Waals surface area contributed by atoms with Gasteiger partial charge in [-0.1, -0.05) is 5.16 Å². The minimum Gasteiger partial charge on any atom is -0.542 e. The summed E-state index contributed by atoms with van der Waals surface area (Å²) >= 11 is 0.960. The van der Waals surface area contributed by atoms with Crippen molar-refractivity contribution in [2.45, 2.75) is 32.4 Å². The van der Waals surface area contributed by atoms with Gasteiger partial charge in [0.05, 0.1) is 0 Å². The summed E-state index contributed by atoms with van der Waals surface area (Å²) in [4.78, 5) is 42.6. The normalized spacial score (nSPS) is 12.8. The fourth-order valence-electron chi connectivity index (χ4n) is 1.36. The third kappa shape index (κ3) is 7.07. The van der Waals surface area contributed by atoms with Crippen LogP contribution in [0.5, 0.6) is 0 Å². The third-order valence-electron chi connectivity index (χ3n) is 2.39. The van der Waals surface area contributed by atoms with Crippen LogP contribution in [0, 0.1) is 0 Å². The Morgan fingerprint density at radius 1 is 1.46 bits per heavy atom. The van der Waals surface area contributed by atoms with Crippen molar-refractivity contribution < 1.29 is 33.7 Å². The van der Waals surface area contributed by atoms with Gasteiger partial charge in [-0.15, -0.1) is 11.3 Å². The van der Waals surface area contributed by atoms with E-state index in [1.807, 2.05) is 0 Å². The van der Waals surface area contributed by atoms with E-state index in [0.717, 1.165) is 11.3 Å². The fraction of sp³-hybridized carbons (Fsp3) is 0.462. The van der Waals surface area contributed by atoms with Gasteiger partial charge in [0, 0.05) is 5.38 Å². The van der Waals surface area contributed by atoms with Crippen LogP contribution in [0.1, 0.15) is 26.5 Å². The quantitative estimate of drug-likeness (QED) is 0.340. The Labute approximate surface area is 153 Å². The Hall–Kier alpha value is -2.67. The SMILES string of the molecule is [B]OC(=O)[C@@H](N)CO/N=C(\C(=O)O)c1csc(NC(=O)OC(C)(C)C)n1. The van der Waals surface area contributed by atoms with Crippen LogP contribution >= 0.6 is 11.3 Å². The molecule has 4 N–H and O–H groups in total. The van der Waals surface area contributed by atoms with Gasteiger partial charge in [0.1, 0.15) is 23.9 Å². The summed E-state index contributed by atoms with van der Waals surface area (Å²) in [6.45, 7) is 4.62. The fourth-order valence-corrected chi connectivity index (χ4v) is 2.04. The summed E-state index contributed by atoms with van der Waals surface area (Å²) in [5.74, 6) is -2.39. The van der Waals surface area contributed by atoms with Crippen LogP contribution in [0.25, 0.3) is 0 Å².